The Morgan fingerprint density at radius 1 is 1.02 bits per heavy atom. The number of hydrogen-bond acceptors (Lipinski definition) is 7. The predicted octanol–water partition coefficient (Wildman–Crippen LogP) is 4.55. The van der Waals surface area contributed by atoms with Crippen LogP contribution < -0.4 is 21.7 Å². The van der Waals surface area contributed by atoms with Gasteiger partial charge in [0.1, 0.15) is 5.69 Å². The molecule has 1 saturated heterocycles. The zero-order valence-electron chi connectivity index (χ0n) is 27.1. The number of nitrogens with one attached hydrogen (secondary N) is 3. The Kier molecular flexibility index (Phi) is 9.57. The van der Waals surface area contributed by atoms with Gasteiger partial charge < -0.3 is 31.2 Å². The highest BCUT2D eigenvalue weighted by Gasteiger charge is 2.34. The molecule has 2 aliphatic heterocycles. The van der Waals surface area contributed by atoms with Crippen LogP contribution in [0.2, 0.25) is 0 Å². The summed E-state index contributed by atoms with van der Waals surface area (Å²) >= 11 is 0. The van der Waals surface area contributed by atoms with Crippen LogP contribution in [0.3, 0.4) is 0 Å². The lowest BCUT2D eigenvalue weighted by molar-refractivity contribution is -0.138. The molecule has 49 heavy (non-hydrogen) atoms. The van der Waals surface area contributed by atoms with Crippen molar-refractivity contribution in [1.82, 2.24) is 29.7 Å². The van der Waals surface area contributed by atoms with E-state index in [0.29, 0.717) is 59.8 Å². The van der Waals surface area contributed by atoms with Crippen molar-refractivity contribution in [2.75, 3.05) is 55.6 Å². The minimum Gasteiger partial charge on any atom is -0.368 e. The number of nitrogens with two attached hydrogens (primary N) is 1. The largest absolute Gasteiger partial charge is 0.416 e. The average molecular weight is 672 g/mol. The summed E-state index contributed by atoms with van der Waals surface area (Å²) in [6, 6.07) is 11.7. The molecule has 3 amide bonds. The monoisotopic (exact) mass is 671 g/mol. The lowest BCUT2D eigenvalue weighted by Gasteiger charge is -2.34. The molecule has 0 radical (unpaired) electrons. The molecular formula is C35H36F3N9O2. The van der Waals surface area contributed by atoms with Crippen LogP contribution in [0.15, 0.2) is 54.7 Å². The highest BCUT2D eigenvalue weighted by molar-refractivity contribution is 6.00. The van der Waals surface area contributed by atoms with Crippen LogP contribution in [0.4, 0.5) is 35.3 Å². The maximum absolute atomic E-state index is 14.1. The second-order valence-electron chi connectivity index (χ2n) is 11.9. The predicted molar refractivity (Wildman–Crippen MR) is 181 cm³/mol. The topological polar surface area (TPSA) is 133 Å². The second-order valence-corrected chi connectivity index (χ2v) is 11.9. The highest BCUT2D eigenvalue weighted by Crippen LogP contribution is 2.35. The number of nitrogens with zero attached hydrogens (tertiary/aromatic N) is 5. The summed E-state index contributed by atoms with van der Waals surface area (Å²) in [6.07, 6.45) is -2.39. The van der Waals surface area contributed by atoms with Crippen molar-refractivity contribution < 1.29 is 22.8 Å². The number of rotatable bonds is 6. The van der Waals surface area contributed by atoms with Crippen LogP contribution in [-0.2, 0) is 26.2 Å². The van der Waals surface area contributed by atoms with Gasteiger partial charge in [-0.3, -0.25) is 9.69 Å². The third-order valence-corrected chi connectivity index (χ3v) is 8.74. The number of anilines is 3. The normalized spacial score (nSPS) is 15.2. The molecule has 0 unspecified atom stereocenters. The van der Waals surface area contributed by atoms with Gasteiger partial charge in [-0.15, -0.1) is 0 Å². The van der Waals surface area contributed by atoms with E-state index in [0.717, 1.165) is 31.4 Å². The molecule has 5 N–H and O–H groups in total. The van der Waals surface area contributed by atoms with E-state index in [1.54, 1.807) is 30.3 Å². The molecule has 1 fully saturated rings. The first-order valence-electron chi connectivity index (χ1n) is 15.9. The Morgan fingerprint density at radius 3 is 2.47 bits per heavy atom. The quantitative estimate of drug-likeness (QED) is 0.221. The summed E-state index contributed by atoms with van der Waals surface area (Å²) in [4.78, 5) is 38.1. The number of urea groups is 1. The molecule has 2 aliphatic rings. The minimum atomic E-state index is -4.58. The maximum atomic E-state index is 14.1. The molecule has 6 rings (SSSR count). The molecule has 11 nitrogen and oxygen atoms in total. The van der Waals surface area contributed by atoms with Crippen LogP contribution in [0.25, 0.3) is 11.4 Å². The van der Waals surface area contributed by atoms with Crippen molar-refractivity contribution in [1.29, 1.82) is 0 Å². The van der Waals surface area contributed by atoms with Gasteiger partial charge in [-0.1, -0.05) is 30.9 Å². The van der Waals surface area contributed by atoms with E-state index in [2.05, 4.69) is 49.6 Å². The van der Waals surface area contributed by atoms with Crippen molar-refractivity contribution in [3.05, 3.63) is 88.2 Å². The molecule has 0 saturated carbocycles. The molecule has 2 aromatic carbocycles. The SMILES string of the molecule is CCN1CCN(Cc2ccc(NC(=O)Nc3cccc(C#Cc4cnc(N)nc4-c4cc5c(n4C)CCNC5=O)c3)cc2C(F)(F)F)CC1. The number of piperazine rings is 1. The van der Waals surface area contributed by atoms with E-state index in [1.165, 1.54) is 18.3 Å². The first-order valence-corrected chi connectivity index (χ1v) is 15.9. The molecule has 0 spiro atoms. The van der Waals surface area contributed by atoms with Crippen LogP contribution in [0.1, 0.15) is 45.2 Å². The number of halogens is 3. The van der Waals surface area contributed by atoms with Crippen LogP contribution >= 0.6 is 0 Å². The number of aromatic nitrogens is 3. The van der Waals surface area contributed by atoms with Crippen LogP contribution in [-0.4, -0.2) is 75.5 Å². The third kappa shape index (κ3) is 7.69. The van der Waals surface area contributed by atoms with E-state index < -0.39 is 17.8 Å². The van der Waals surface area contributed by atoms with E-state index in [4.69, 9.17) is 5.73 Å². The number of carbonyl (C=O) groups excluding carboxylic acids is 2. The van der Waals surface area contributed by atoms with Gasteiger partial charge in [-0.2, -0.15) is 13.2 Å². The minimum absolute atomic E-state index is 0.0241. The van der Waals surface area contributed by atoms with Crippen molar-refractivity contribution in [3.8, 4) is 23.2 Å². The van der Waals surface area contributed by atoms with E-state index in [9.17, 15) is 22.8 Å². The third-order valence-electron chi connectivity index (χ3n) is 8.74. The summed E-state index contributed by atoms with van der Waals surface area (Å²) in [5, 5.41) is 8.03. The molecular weight excluding hydrogens is 635 g/mol. The van der Waals surface area contributed by atoms with Gasteiger partial charge in [-0.25, -0.2) is 14.8 Å². The standard InChI is InChI=1S/C35H36F3N9O2/c1-3-46-13-15-47(16-14-46)21-24-9-10-26(18-28(24)35(36,37)38)43-34(49)42-25-6-4-5-22(17-25)7-8-23-20-41-33(39)44-31(23)30-19-27-29(45(30)2)11-12-40-32(27)48/h4-6,9-10,17-20H,3,11-16,21H2,1-2H3,(H,40,48)(H2,39,41,44)(H2,42,43,49). The smallest absolute Gasteiger partial charge is 0.368 e. The number of hydrogen-bond donors (Lipinski definition) is 4. The molecule has 4 heterocycles. The first kappa shape index (κ1) is 33.5. The Bertz CT molecular complexity index is 1950. The number of nitrogen functional groups attached to an aromatic ring is 1. The Morgan fingerprint density at radius 2 is 1.76 bits per heavy atom. The molecule has 14 heteroatoms. The van der Waals surface area contributed by atoms with Crippen molar-refractivity contribution in [2.45, 2.75) is 26.1 Å². The number of benzene rings is 2. The summed E-state index contributed by atoms with van der Waals surface area (Å²) in [5.74, 6) is 6.03. The van der Waals surface area contributed by atoms with Gasteiger partial charge in [0.05, 0.1) is 22.4 Å². The molecule has 0 aliphatic carbocycles. The van der Waals surface area contributed by atoms with Gasteiger partial charge in [0, 0.05) is 81.6 Å². The van der Waals surface area contributed by atoms with Gasteiger partial charge in [0.2, 0.25) is 5.95 Å². The lowest BCUT2D eigenvalue weighted by atomic mass is 10.0. The van der Waals surface area contributed by atoms with Gasteiger partial charge in [-0.05, 0) is 48.5 Å². The number of carbonyl (C=O) groups is 2. The molecule has 254 valence electrons. The zero-order valence-corrected chi connectivity index (χ0v) is 27.1. The van der Waals surface area contributed by atoms with Gasteiger partial charge in [0.15, 0.2) is 0 Å². The summed E-state index contributed by atoms with van der Waals surface area (Å²) in [6.45, 7) is 6.74. The lowest BCUT2D eigenvalue weighted by Crippen LogP contribution is -2.45. The van der Waals surface area contributed by atoms with Crippen LogP contribution in [0, 0.1) is 11.8 Å². The number of likely N-dealkylation sites (N-methyl/N-ethyl adjacent to an activating group) is 1. The Hall–Kier alpha value is -5.39. The summed E-state index contributed by atoms with van der Waals surface area (Å²) in [5.41, 5.74) is 9.36. The zero-order chi connectivity index (χ0) is 34.7. The number of alkyl halides is 3. The number of amides is 3. The molecule has 2 aromatic heterocycles. The average Bonchev–Trinajstić information content (AvgIpc) is 3.42. The Labute approximate surface area is 281 Å². The van der Waals surface area contributed by atoms with E-state index in [-0.39, 0.29) is 29.7 Å². The van der Waals surface area contributed by atoms with Crippen molar-refractivity contribution >= 4 is 29.3 Å². The molecule has 4 aromatic rings. The van der Waals surface area contributed by atoms with Gasteiger partial charge in [0.25, 0.3) is 5.91 Å². The van der Waals surface area contributed by atoms with Crippen LogP contribution in [0.5, 0.6) is 0 Å². The van der Waals surface area contributed by atoms with E-state index in [1.807, 2.05) is 16.5 Å². The summed E-state index contributed by atoms with van der Waals surface area (Å²) in [7, 11) is 1.86. The fourth-order valence-corrected chi connectivity index (χ4v) is 6.11. The molecule has 0 atom stereocenters. The Balaban J connectivity index is 1.16. The fourth-order valence-electron chi connectivity index (χ4n) is 6.11. The first-order chi connectivity index (χ1) is 23.5. The van der Waals surface area contributed by atoms with Gasteiger partial charge >= 0.3 is 12.2 Å². The molecule has 0 bridgehead atoms. The fraction of sp³-hybridized carbons (Fsp3) is 0.314. The highest BCUT2D eigenvalue weighted by atomic mass is 19.4. The second kappa shape index (κ2) is 14.0. The van der Waals surface area contributed by atoms with Crippen molar-refractivity contribution in [3.63, 3.8) is 0 Å². The maximum Gasteiger partial charge on any atom is 0.416 e. The van der Waals surface area contributed by atoms with E-state index >= 15 is 0 Å². The number of fused-ring (bicyclic) bond motifs is 1. The summed E-state index contributed by atoms with van der Waals surface area (Å²) < 4.78 is 44.1. The van der Waals surface area contributed by atoms with Crippen molar-refractivity contribution in [2.24, 2.45) is 7.05 Å².